The Bertz CT molecular complexity index is 333. The predicted octanol–water partition coefficient (Wildman–Crippen LogP) is 0.915. The molecule has 0 aromatic rings. The van der Waals surface area contributed by atoms with E-state index in [1.807, 2.05) is 13.8 Å². The third-order valence-corrected chi connectivity index (χ3v) is 3.17. The molecule has 0 saturated carbocycles. The molecule has 1 rings (SSSR count). The van der Waals surface area contributed by atoms with Crippen molar-refractivity contribution in [3.8, 4) is 12.3 Å². The van der Waals surface area contributed by atoms with E-state index in [1.54, 1.807) is 4.90 Å². The minimum absolute atomic E-state index is 0.000417. The quantitative estimate of drug-likeness (QED) is 0.738. The fourth-order valence-corrected chi connectivity index (χ4v) is 2.11. The van der Waals surface area contributed by atoms with Crippen LogP contribution >= 0.6 is 0 Å². The van der Waals surface area contributed by atoms with E-state index >= 15 is 0 Å². The van der Waals surface area contributed by atoms with Gasteiger partial charge < -0.3 is 10.2 Å². The topological polar surface area (TPSA) is 49.4 Å². The maximum Gasteiger partial charge on any atom is 0.245 e. The monoisotopic (exact) mass is 236 g/mol. The molecule has 0 radical (unpaired) electrons. The SMILES string of the molecule is C#CCC(CC)N1CCC(=O)NC(CC)C1=O. The first kappa shape index (κ1) is 13.6. The number of amides is 2. The van der Waals surface area contributed by atoms with Crippen LogP contribution in [-0.2, 0) is 9.59 Å². The first-order valence-electron chi connectivity index (χ1n) is 6.17. The van der Waals surface area contributed by atoms with Crippen molar-refractivity contribution in [3.05, 3.63) is 0 Å². The van der Waals surface area contributed by atoms with Crippen molar-refractivity contribution in [1.29, 1.82) is 0 Å². The second kappa shape index (κ2) is 6.29. The highest BCUT2D eigenvalue weighted by molar-refractivity contribution is 5.90. The van der Waals surface area contributed by atoms with Crippen molar-refractivity contribution in [2.24, 2.45) is 0 Å². The van der Waals surface area contributed by atoms with Crippen LogP contribution in [-0.4, -0.2) is 35.3 Å². The van der Waals surface area contributed by atoms with Gasteiger partial charge in [-0.25, -0.2) is 0 Å². The molecule has 0 aliphatic carbocycles. The van der Waals surface area contributed by atoms with Crippen molar-refractivity contribution in [2.45, 2.75) is 51.6 Å². The van der Waals surface area contributed by atoms with Gasteiger partial charge in [-0.3, -0.25) is 9.59 Å². The Morgan fingerprint density at radius 1 is 1.53 bits per heavy atom. The average molecular weight is 236 g/mol. The van der Waals surface area contributed by atoms with E-state index in [-0.39, 0.29) is 17.9 Å². The second-order valence-corrected chi connectivity index (χ2v) is 4.28. The third-order valence-electron chi connectivity index (χ3n) is 3.17. The Morgan fingerprint density at radius 3 is 2.76 bits per heavy atom. The van der Waals surface area contributed by atoms with Crippen molar-refractivity contribution >= 4 is 11.8 Å². The summed E-state index contributed by atoms with van der Waals surface area (Å²) in [6.45, 7) is 4.38. The van der Waals surface area contributed by atoms with E-state index in [2.05, 4.69) is 11.2 Å². The van der Waals surface area contributed by atoms with Crippen LogP contribution in [0, 0.1) is 12.3 Å². The molecule has 1 aliphatic heterocycles. The molecule has 94 valence electrons. The standard InChI is InChI=1S/C13H20N2O2/c1-4-7-10(5-2)15-9-8-12(16)14-11(6-3)13(15)17/h1,10-11H,5-9H2,2-3H3,(H,14,16). The molecule has 4 nitrogen and oxygen atoms in total. The number of hydrogen-bond donors (Lipinski definition) is 1. The summed E-state index contributed by atoms with van der Waals surface area (Å²) in [4.78, 5) is 25.5. The third kappa shape index (κ3) is 3.23. The largest absolute Gasteiger partial charge is 0.344 e. The molecule has 1 saturated heterocycles. The maximum absolute atomic E-state index is 12.2. The summed E-state index contributed by atoms with van der Waals surface area (Å²) in [6.07, 6.45) is 7.67. The minimum atomic E-state index is -0.392. The number of nitrogens with one attached hydrogen (secondary N) is 1. The van der Waals surface area contributed by atoms with E-state index in [4.69, 9.17) is 6.42 Å². The van der Waals surface area contributed by atoms with Gasteiger partial charge >= 0.3 is 0 Å². The summed E-state index contributed by atoms with van der Waals surface area (Å²) in [5.74, 6) is 2.55. The molecule has 0 aromatic carbocycles. The Balaban J connectivity index is 2.85. The molecule has 1 fully saturated rings. The summed E-state index contributed by atoms with van der Waals surface area (Å²) < 4.78 is 0. The summed E-state index contributed by atoms with van der Waals surface area (Å²) in [7, 11) is 0. The van der Waals surface area contributed by atoms with Gasteiger partial charge in [0.2, 0.25) is 11.8 Å². The van der Waals surface area contributed by atoms with E-state index in [0.717, 1.165) is 6.42 Å². The normalized spacial score (nSPS) is 22.6. The number of carbonyl (C=O) groups is 2. The fourth-order valence-electron chi connectivity index (χ4n) is 2.11. The molecule has 2 unspecified atom stereocenters. The average Bonchev–Trinajstić information content (AvgIpc) is 2.47. The van der Waals surface area contributed by atoms with E-state index in [9.17, 15) is 9.59 Å². The zero-order valence-electron chi connectivity index (χ0n) is 10.5. The smallest absolute Gasteiger partial charge is 0.245 e. The first-order valence-corrected chi connectivity index (χ1v) is 6.17. The Hall–Kier alpha value is -1.50. The van der Waals surface area contributed by atoms with E-state index in [0.29, 0.717) is 25.8 Å². The van der Waals surface area contributed by atoms with Gasteiger partial charge in [-0.2, -0.15) is 0 Å². The molecular weight excluding hydrogens is 216 g/mol. The van der Waals surface area contributed by atoms with Crippen LogP contribution in [0.4, 0.5) is 0 Å². The van der Waals surface area contributed by atoms with Crippen LogP contribution in [0.15, 0.2) is 0 Å². The molecule has 4 heteroatoms. The van der Waals surface area contributed by atoms with Crippen LogP contribution in [0.25, 0.3) is 0 Å². The molecule has 0 bridgehead atoms. The summed E-state index contributed by atoms with van der Waals surface area (Å²) in [6, 6.07) is -0.342. The molecule has 1 heterocycles. The van der Waals surface area contributed by atoms with Gasteiger partial charge in [0.05, 0.1) is 0 Å². The molecule has 0 aromatic heterocycles. The number of nitrogens with zero attached hydrogens (tertiary/aromatic N) is 1. The van der Waals surface area contributed by atoms with Gasteiger partial charge in [0.1, 0.15) is 6.04 Å². The van der Waals surface area contributed by atoms with Gasteiger partial charge in [-0.1, -0.05) is 13.8 Å². The molecule has 1 aliphatic rings. The van der Waals surface area contributed by atoms with Gasteiger partial charge in [0, 0.05) is 25.4 Å². The van der Waals surface area contributed by atoms with Crippen LogP contribution in [0.5, 0.6) is 0 Å². The lowest BCUT2D eigenvalue weighted by atomic mass is 10.1. The van der Waals surface area contributed by atoms with Crippen molar-refractivity contribution in [3.63, 3.8) is 0 Å². The van der Waals surface area contributed by atoms with Crippen LogP contribution in [0.3, 0.4) is 0 Å². The highest BCUT2D eigenvalue weighted by Crippen LogP contribution is 2.14. The lowest BCUT2D eigenvalue weighted by molar-refractivity contribution is -0.135. The molecule has 0 spiro atoms. The molecule has 17 heavy (non-hydrogen) atoms. The lowest BCUT2D eigenvalue weighted by Gasteiger charge is -2.30. The highest BCUT2D eigenvalue weighted by atomic mass is 16.2. The number of carbonyl (C=O) groups excluding carboxylic acids is 2. The zero-order valence-corrected chi connectivity index (χ0v) is 10.5. The van der Waals surface area contributed by atoms with Crippen LogP contribution in [0.2, 0.25) is 0 Å². The zero-order chi connectivity index (χ0) is 12.8. The molecule has 2 atom stereocenters. The highest BCUT2D eigenvalue weighted by Gasteiger charge is 2.31. The second-order valence-electron chi connectivity index (χ2n) is 4.28. The Kier molecular flexibility index (Phi) is 5.02. The summed E-state index contributed by atoms with van der Waals surface area (Å²) >= 11 is 0. The fraction of sp³-hybridized carbons (Fsp3) is 0.692. The van der Waals surface area contributed by atoms with Crippen molar-refractivity contribution in [2.75, 3.05) is 6.54 Å². The van der Waals surface area contributed by atoms with Crippen LogP contribution < -0.4 is 5.32 Å². The Morgan fingerprint density at radius 2 is 2.24 bits per heavy atom. The summed E-state index contributed by atoms with van der Waals surface area (Å²) in [5, 5.41) is 2.75. The van der Waals surface area contributed by atoms with E-state index < -0.39 is 6.04 Å². The number of hydrogen-bond acceptors (Lipinski definition) is 2. The van der Waals surface area contributed by atoms with Gasteiger partial charge in [-0.15, -0.1) is 12.3 Å². The van der Waals surface area contributed by atoms with Gasteiger partial charge in [0.15, 0.2) is 0 Å². The first-order chi connectivity index (χ1) is 8.13. The summed E-state index contributed by atoms with van der Waals surface area (Å²) in [5.41, 5.74) is 0. The molecule has 2 amide bonds. The van der Waals surface area contributed by atoms with Gasteiger partial charge in [0.25, 0.3) is 0 Å². The maximum atomic E-state index is 12.2. The van der Waals surface area contributed by atoms with Crippen molar-refractivity contribution < 1.29 is 9.59 Å². The van der Waals surface area contributed by atoms with Crippen molar-refractivity contribution in [1.82, 2.24) is 10.2 Å². The minimum Gasteiger partial charge on any atom is -0.344 e. The van der Waals surface area contributed by atoms with Crippen LogP contribution in [0.1, 0.15) is 39.5 Å². The number of rotatable bonds is 4. The predicted molar refractivity (Wildman–Crippen MR) is 66.1 cm³/mol. The molecule has 1 N–H and O–H groups in total. The lowest BCUT2D eigenvalue weighted by Crippen LogP contribution is -2.48. The van der Waals surface area contributed by atoms with Gasteiger partial charge in [-0.05, 0) is 12.8 Å². The number of terminal acetylenes is 1. The van der Waals surface area contributed by atoms with E-state index in [1.165, 1.54) is 0 Å². The Labute approximate surface area is 103 Å². The molecular formula is C13H20N2O2.